The van der Waals surface area contributed by atoms with E-state index < -0.39 is 28.7 Å². The maximum Gasteiger partial charge on any atom is 0.247 e. The van der Waals surface area contributed by atoms with E-state index >= 15 is 4.79 Å². The molecule has 8 heteroatoms. The summed E-state index contributed by atoms with van der Waals surface area (Å²) in [6.45, 7) is 13.3. The second-order valence-electron chi connectivity index (χ2n) is 13.0. The predicted molar refractivity (Wildman–Crippen MR) is 172 cm³/mol. The van der Waals surface area contributed by atoms with Crippen molar-refractivity contribution in [3.8, 4) is 0 Å². The van der Waals surface area contributed by atoms with Crippen LogP contribution in [0.3, 0.4) is 0 Å². The van der Waals surface area contributed by atoms with Crippen molar-refractivity contribution in [2.24, 2.45) is 17.8 Å². The zero-order valence-electron chi connectivity index (χ0n) is 25.9. The highest BCUT2D eigenvalue weighted by atomic mass is 32.2. The van der Waals surface area contributed by atoms with Gasteiger partial charge in [-0.05, 0) is 43.6 Å². The number of carbonyl (C=O) groups excluding carboxylic acids is 3. The number of thioether (sulfide) groups is 1. The Hall–Kier alpha value is -2.58. The van der Waals surface area contributed by atoms with Gasteiger partial charge >= 0.3 is 0 Å². The van der Waals surface area contributed by atoms with Crippen molar-refractivity contribution in [3.05, 3.63) is 61.2 Å². The Labute approximate surface area is 261 Å². The molecule has 5 rings (SSSR count). The van der Waals surface area contributed by atoms with Crippen LogP contribution < -0.4 is 0 Å². The van der Waals surface area contributed by atoms with E-state index in [9.17, 15) is 14.7 Å². The second-order valence-corrected chi connectivity index (χ2v) is 14.5. The standard InChI is InChI=1S/C35H49N3O4S/c1-5-18-36(19-6-2)32(40)29-28-21-24(4)35(43-28)30(29)33(41)38(27(23-39)22-25-14-10-8-11-15-25)31(35)34(42)37(20-7-3)26-16-12-9-13-17-26/h5,7-8,10-11,14-15,24,26-31,39H,1,3,6,9,12-13,16-23H2,2,4H3/t24?,27-,28+,29-,30+,31?,35?/m1/s1. The molecule has 234 valence electrons. The summed E-state index contributed by atoms with van der Waals surface area (Å²) >= 11 is 1.72. The van der Waals surface area contributed by atoms with E-state index in [0.29, 0.717) is 26.1 Å². The topological polar surface area (TPSA) is 81.2 Å². The molecule has 3 amide bonds. The van der Waals surface area contributed by atoms with Gasteiger partial charge in [-0.15, -0.1) is 24.9 Å². The number of rotatable bonds is 13. The third kappa shape index (κ3) is 5.58. The summed E-state index contributed by atoms with van der Waals surface area (Å²) in [5.41, 5.74) is 1.00. The van der Waals surface area contributed by atoms with Crippen LogP contribution in [0.1, 0.15) is 64.4 Å². The molecule has 1 aromatic carbocycles. The molecule has 1 N–H and O–H groups in total. The van der Waals surface area contributed by atoms with E-state index in [1.807, 2.05) is 40.1 Å². The number of carbonyl (C=O) groups is 3. The minimum Gasteiger partial charge on any atom is -0.394 e. The smallest absolute Gasteiger partial charge is 0.247 e. The summed E-state index contributed by atoms with van der Waals surface area (Å²) in [7, 11) is 0. The summed E-state index contributed by atoms with van der Waals surface area (Å²) in [6, 6.07) is 8.66. The quantitative estimate of drug-likeness (QED) is 0.329. The van der Waals surface area contributed by atoms with Gasteiger partial charge in [-0.2, -0.15) is 0 Å². The monoisotopic (exact) mass is 607 g/mol. The number of aliphatic hydroxyl groups is 1. The van der Waals surface area contributed by atoms with Gasteiger partial charge in [-0.3, -0.25) is 14.4 Å². The zero-order valence-corrected chi connectivity index (χ0v) is 26.7. The molecule has 1 aliphatic carbocycles. The lowest BCUT2D eigenvalue weighted by atomic mass is 9.65. The van der Waals surface area contributed by atoms with Gasteiger partial charge in [0.1, 0.15) is 6.04 Å². The van der Waals surface area contributed by atoms with Crippen LogP contribution in [-0.2, 0) is 20.8 Å². The van der Waals surface area contributed by atoms with Gasteiger partial charge in [-0.1, -0.05) is 75.6 Å². The molecule has 3 aliphatic heterocycles. The van der Waals surface area contributed by atoms with Gasteiger partial charge in [0, 0.05) is 30.9 Å². The number of fused-ring (bicyclic) bond motifs is 1. The molecule has 0 radical (unpaired) electrons. The van der Waals surface area contributed by atoms with Gasteiger partial charge in [0.2, 0.25) is 17.7 Å². The largest absolute Gasteiger partial charge is 0.394 e. The number of nitrogens with zero attached hydrogens (tertiary/aromatic N) is 3. The highest BCUT2D eigenvalue weighted by molar-refractivity contribution is 8.02. The zero-order chi connectivity index (χ0) is 30.7. The van der Waals surface area contributed by atoms with Gasteiger partial charge in [-0.25, -0.2) is 0 Å². The maximum absolute atomic E-state index is 15.0. The first kappa shape index (κ1) is 31.8. The number of amides is 3. The van der Waals surface area contributed by atoms with Crippen molar-refractivity contribution in [2.45, 2.75) is 93.3 Å². The highest BCUT2D eigenvalue weighted by Crippen LogP contribution is 2.69. The molecule has 2 bridgehead atoms. The highest BCUT2D eigenvalue weighted by Gasteiger charge is 2.77. The minimum atomic E-state index is -0.741. The Kier molecular flexibility index (Phi) is 10.1. The van der Waals surface area contributed by atoms with Crippen LogP contribution in [0.15, 0.2) is 55.6 Å². The van der Waals surface area contributed by atoms with Crippen LogP contribution in [0, 0.1) is 17.8 Å². The second kappa shape index (κ2) is 13.6. The van der Waals surface area contributed by atoms with E-state index in [4.69, 9.17) is 0 Å². The lowest BCUT2D eigenvalue weighted by Crippen LogP contribution is -2.61. The van der Waals surface area contributed by atoms with Crippen molar-refractivity contribution in [2.75, 3.05) is 26.2 Å². The van der Waals surface area contributed by atoms with Crippen LogP contribution in [0.4, 0.5) is 0 Å². The van der Waals surface area contributed by atoms with Crippen LogP contribution in [0.2, 0.25) is 0 Å². The van der Waals surface area contributed by atoms with E-state index in [2.05, 4.69) is 27.0 Å². The number of likely N-dealkylation sites (tertiary alicyclic amines) is 1. The molecule has 4 fully saturated rings. The van der Waals surface area contributed by atoms with Crippen LogP contribution in [0.25, 0.3) is 0 Å². The molecule has 1 spiro atoms. The molecule has 3 saturated heterocycles. The first-order valence-electron chi connectivity index (χ1n) is 16.3. The molecule has 1 saturated carbocycles. The first-order chi connectivity index (χ1) is 20.8. The number of hydrogen-bond donors (Lipinski definition) is 1. The van der Waals surface area contributed by atoms with Gasteiger partial charge in [0.15, 0.2) is 0 Å². The third-order valence-corrected chi connectivity index (χ3v) is 12.5. The first-order valence-corrected chi connectivity index (χ1v) is 17.2. The maximum atomic E-state index is 15.0. The fraction of sp³-hybridized carbons (Fsp3) is 0.629. The Balaban J connectivity index is 1.60. The Morgan fingerprint density at radius 3 is 2.44 bits per heavy atom. The lowest BCUT2D eigenvalue weighted by Gasteiger charge is -2.44. The van der Waals surface area contributed by atoms with E-state index in [-0.39, 0.29) is 41.5 Å². The molecule has 7 atom stereocenters. The molecule has 3 unspecified atom stereocenters. The minimum absolute atomic E-state index is 0.00161. The van der Waals surface area contributed by atoms with Crippen LogP contribution in [-0.4, -0.2) is 91.9 Å². The van der Waals surface area contributed by atoms with E-state index in [1.165, 1.54) is 6.42 Å². The number of benzene rings is 1. The molecule has 4 aliphatic rings. The average molecular weight is 608 g/mol. The summed E-state index contributed by atoms with van der Waals surface area (Å²) < 4.78 is -0.719. The number of aliphatic hydroxyl groups excluding tert-OH is 1. The van der Waals surface area contributed by atoms with Crippen LogP contribution >= 0.6 is 11.8 Å². The van der Waals surface area contributed by atoms with Gasteiger partial charge in [0.05, 0.1) is 29.2 Å². The summed E-state index contributed by atoms with van der Waals surface area (Å²) in [5.74, 6) is -1.20. The van der Waals surface area contributed by atoms with Crippen LogP contribution in [0.5, 0.6) is 0 Å². The normalized spacial score (nSPS) is 30.6. The number of hydrogen-bond acceptors (Lipinski definition) is 5. The van der Waals surface area contributed by atoms with Crippen molar-refractivity contribution < 1.29 is 19.5 Å². The van der Waals surface area contributed by atoms with E-state index in [0.717, 1.165) is 44.1 Å². The average Bonchev–Trinajstić information content (AvgIpc) is 3.62. The SMILES string of the molecule is C=CCN(CCC)C(=O)[C@@H]1[C@@H]2CC(C)C3(S2)C(C(=O)N(CC=C)C2CCCCC2)N([C@@H](CO)Cc2ccccc2)C(=O)[C@H]13. The Morgan fingerprint density at radius 1 is 1.12 bits per heavy atom. The third-order valence-electron chi connectivity index (χ3n) is 10.4. The molecule has 43 heavy (non-hydrogen) atoms. The molecule has 7 nitrogen and oxygen atoms in total. The summed E-state index contributed by atoms with van der Waals surface area (Å²) in [4.78, 5) is 49.7. The molecular formula is C35H49N3O4S. The lowest BCUT2D eigenvalue weighted by molar-refractivity contribution is -0.148. The van der Waals surface area contributed by atoms with Crippen molar-refractivity contribution in [1.29, 1.82) is 0 Å². The molecule has 3 heterocycles. The summed E-state index contributed by atoms with van der Waals surface area (Å²) in [6.07, 6.45) is 10.8. The predicted octanol–water partition coefficient (Wildman–Crippen LogP) is 4.70. The molecular weight excluding hydrogens is 558 g/mol. The Morgan fingerprint density at radius 2 is 1.81 bits per heavy atom. The van der Waals surface area contributed by atoms with Crippen molar-refractivity contribution in [3.63, 3.8) is 0 Å². The van der Waals surface area contributed by atoms with Crippen molar-refractivity contribution >= 4 is 29.5 Å². The fourth-order valence-electron chi connectivity index (χ4n) is 8.59. The Bertz CT molecular complexity index is 1190. The molecule has 0 aromatic heterocycles. The molecule has 1 aromatic rings. The van der Waals surface area contributed by atoms with Gasteiger partial charge < -0.3 is 19.8 Å². The van der Waals surface area contributed by atoms with Gasteiger partial charge in [0.25, 0.3) is 0 Å². The van der Waals surface area contributed by atoms with Crippen molar-refractivity contribution in [1.82, 2.24) is 14.7 Å². The fourth-order valence-corrected chi connectivity index (χ4v) is 11.0. The summed E-state index contributed by atoms with van der Waals surface area (Å²) in [5, 5.41) is 10.8. The van der Waals surface area contributed by atoms with E-state index in [1.54, 1.807) is 28.8 Å².